The van der Waals surface area contributed by atoms with Crippen LogP contribution in [0.1, 0.15) is 28.5 Å². The van der Waals surface area contributed by atoms with Gasteiger partial charge in [-0.05, 0) is 26.0 Å². The first-order valence-corrected chi connectivity index (χ1v) is 6.10. The van der Waals surface area contributed by atoms with Gasteiger partial charge in [-0.1, -0.05) is 6.58 Å². The second-order valence-electron chi connectivity index (χ2n) is 4.23. The topological polar surface area (TPSA) is 85.2 Å². The van der Waals surface area contributed by atoms with Crippen molar-refractivity contribution in [2.24, 2.45) is 0 Å². The quantitative estimate of drug-likeness (QED) is 0.527. The van der Waals surface area contributed by atoms with Crippen LogP contribution < -0.4 is 0 Å². The van der Waals surface area contributed by atoms with Crippen molar-refractivity contribution in [3.8, 4) is 0 Å². The van der Waals surface area contributed by atoms with Crippen molar-refractivity contribution in [2.45, 2.75) is 13.8 Å². The lowest BCUT2D eigenvalue weighted by atomic mass is 10.0. The molecule has 0 bridgehead atoms. The van der Waals surface area contributed by atoms with E-state index >= 15 is 0 Å². The molecule has 0 radical (unpaired) electrons. The highest BCUT2D eigenvalue weighted by atomic mass is 16.6. The molecule has 0 amide bonds. The van der Waals surface area contributed by atoms with Crippen LogP contribution >= 0.6 is 0 Å². The SMILES string of the molecule is C=Cc1[nH]c2ccc([N+](=O)[O-])c(C)c2c1C(=O)OCC. The Kier molecular flexibility index (Phi) is 3.56. The molecule has 0 aliphatic rings. The van der Waals surface area contributed by atoms with Crippen LogP contribution in [0.15, 0.2) is 18.7 Å². The van der Waals surface area contributed by atoms with E-state index in [9.17, 15) is 14.9 Å². The molecule has 6 heteroatoms. The Morgan fingerprint density at radius 1 is 1.55 bits per heavy atom. The number of aryl methyl sites for hydroxylation is 1. The summed E-state index contributed by atoms with van der Waals surface area (Å²) in [6, 6.07) is 2.99. The summed E-state index contributed by atoms with van der Waals surface area (Å²) in [6.45, 7) is 7.19. The Labute approximate surface area is 115 Å². The zero-order chi connectivity index (χ0) is 14.9. The number of fused-ring (bicyclic) bond motifs is 1. The molecule has 0 aliphatic carbocycles. The van der Waals surface area contributed by atoms with E-state index < -0.39 is 10.9 Å². The molecule has 0 atom stereocenters. The Morgan fingerprint density at radius 3 is 2.80 bits per heavy atom. The number of rotatable bonds is 4. The van der Waals surface area contributed by atoms with E-state index in [1.807, 2.05) is 0 Å². The van der Waals surface area contributed by atoms with Gasteiger partial charge in [0.05, 0.1) is 22.8 Å². The molecule has 20 heavy (non-hydrogen) atoms. The molecule has 0 aliphatic heterocycles. The van der Waals surface area contributed by atoms with Crippen molar-refractivity contribution >= 4 is 28.6 Å². The van der Waals surface area contributed by atoms with Gasteiger partial charge in [-0.2, -0.15) is 0 Å². The lowest BCUT2D eigenvalue weighted by Gasteiger charge is -2.04. The third-order valence-corrected chi connectivity index (χ3v) is 3.11. The summed E-state index contributed by atoms with van der Waals surface area (Å²) in [6.07, 6.45) is 1.50. The summed E-state index contributed by atoms with van der Waals surface area (Å²) in [5.41, 5.74) is 1.84. The number of ether oxygens (including phenoxy) is 1. The molecule has 0 spiro atoms. The zero-order valence-corrected chi connectivity index (χ0v) is 11.2. The lowest BCUT2D eigenvalue weighted by molar-refractivity contribution is -0.385. The lowest BCUT2D eigenvalue weighted by Crippen LogP contribution is -2.06. The van der Waals surface area contributed by atoms with Gasteiger partial charge in [0.2, 0.25) is 0 Å². The highest BCUT2D eigenvalue weighted by Gasteiger charge is 2.23. The number of nitrogens with zero attached hydrogens (tertiary/aromatic N) is 1. The highest BCUT2D eigenvalue weighted by molar-refractivity contribution is 6.09. The maximum absolute atomic E-state index is 12.1. The van der Waals surface area contributed by atoms with Crippen molar-refractivity contribution in [1.29, 1.82) is 0 Å². The molecule has 1 heterocycles. The number of nitro benzene ring substituents is 1. The Morgan fingerprint density at radius 2 is 2.25 bits per heavy atom. The minimum Gasteiger partial charge on any atom is -0.462 e. The smallest absolute Gasteiger partial charge is 0.340 e. The van der Waals surface area contributed by atoms with E-state index in [0.29, 0.717) is 22.2 Å². The van der Waals surface area contributed by atoms with E-state index in [-0.39, 0.29) is 17.9 Å². The molecule has 0 fully saturated rings. The summed E-state index contributed by atoms with van der Waals surface area (Å²) in [5.74, 6) is -0.516. The first-order valence-electron chi connectivity index (χ1n) is 6.10. The van der Waals surface area contributed by atoms with E-state index in [2.05, 4.69) is 11.6 Å². The van der Waals surface area contributed by atoms with Crippen LogP contribution in [-0.4, -0.2) is 22.5 Å². The fraction of sp³-hybridized carbons (Fsp3) is 0.214. The predicted octanol–water partition coefficient (Wildman–Crippen LogP) is 3.20. The number of nitro groups is 1. The molecule has 104 valence electrons. The molecule has 0 saturated heterocycles. The Bertz CT molecular complexity index is 716. The van der Waals surface area contributed by atoms with Gasteiger partial charge < -0.3 is 9.72 Å². The number of hydrogen-bond acceptors (Lipinski definition) is 4. The van der Waals surface area contributed by atoms with Gasteiger partial charge in [0, 0.05) is 22.5 Å². The summed E-state index contributed by atoms with van der Waals surface area (Å²) >= 11 is 0. The summed E-state index contributed by atoms with van der Waals surface area (Å²) in [7, 11) is 0. The van der Waals surface area contributed by atoms with Crippen molar-refractivity contribution in [3.63, 3.8) is 0 Å². The number of esters is 1. The van der Waals surface area contributed by atoms with E-state index in [1.165, 1.54) is 12.1 Å². The third kappa shape index (κ3) is 2.05. The maximum Gasteiger partial charge on any atom is 0.340 e. The molecule has 6 nitrogen and oxygen atoms in total. The van der Waals surface area contributed by atoms with Gasteiger partial charge in [0.15, 0.2) is 0 Å². The monoisotopic (exact) mass is 274 g/mol. The average molecular weight is 274 g/mol. The first kappa shape index (κ1) is 13.8. The normalized spacial score (nSPS) is 10.5. The standard InChI is InChI=1S/C14H14N2O4/c1-4-9-13(14(17)20-5-2)12-8(3)11(16(18)19)7-6-10(12)15-9/h4,6-7,15H,1,5H2,2-3H3. The predicted molar refractivity (Wildman–Crippen MR) is 75.7 cm³/mol. The summed E-state index contributed by atoms with van der Waals surface area (Å²) < 4.78 is 5.02. The van der Waals surface area contributed by atoms with Crippen LogP contribution in [-0.2, 0) is 4.74 Å². The van der Waals surface area contributed by atoms with E-state index in [1.54, 1.807) is 19.9 Å². The Hall–Kier alpha value is -2.63. The van der Waals surface area contributed by atoms with Crippen molar-refractivity contribution in [1.82, 2.24) is 4.98 Å². The molecule has 0 saturated carbocycles. The van der Waals surface area contributed by atoms with E-state index in [4.69, 9.17) is 4.74 Å². The number of carbonyl (C=O) groups excluding carboxylic acids is 1. The van der Waals surface area contributed by atoms with Gasteiger partial charge >= 0.3 is 5.97 Å². The molecule has 1 aromatic heterocycles. The molecule has 0 unspecified atom stereocenters. The molecule has 2 rings (SSSR count). The number of benzene rings is 1. The van der Waals surface area contributed by atoms with Crippen LogP contribution in [0.4, 0.5) is 5.69 Å². The van der Waals surface area contributed by atoms with Crippen LogP contribution in [0.2, 0.25) is 0 Å². The minimum absolute atomic E-state index is 0.0299. The fourth-order valence-corrected chi connectivity index (χ4v) is 2.24. The molecule has 2 aromatic rings. The first-order chi connectivity index (χ1) is 9.51. The van der Waals surface area contributed by atoms with Crippen molar-refractivity contribution in [3.05, 3.63) is 45.6 Å². The van der Waals surface area contributed by atoms with E-state index in [0.717, 1.165) is 0 Å². The van der Waals surface area contributed by atoms with Crippen molar-refractivity contribution < 1.29 is 14.5 Å². The number of nitrogens with one attached hydrogen (secondary N) is 1. The third-order valence-electron chi connectivity index (χ3n) is 3.11. The van der Waals surface area contributed by atoms with Crippen LogP contribution in [0.3, 0.4) is 0 Å². The summed E-state index contributed by atoms with van der Waals surface area (Å²) in [4.78, 5) is 25.6. The second-order valence-corrected chi connectivity index (χ2v) is 4.23. The molecule has 1 aromatic carbocycles. The number of aromatic nitrogens is 1. The fourth-order valence-electron chi connectivity index (χ4n) is 2.24. The molecule has 1 N–H and O–H groups in total. The zero-order valence-electron chi connectivity index (χ0n) is 11.2. The largest absolute Gasteiger partial charge is 0.462 e. The van der Waals surface area contributed by atoms with Gasteiger partial charge in [-0.15, -0.1) is 0 Å². The van der Waals surface area contributed by atoms with Gasteiger partial charge in [0.1, 0.15) is 0 Å². The second kappa shape index (κ2) is 5.16. The molecular formula is C14H14N2O4. The average Bonchev–Trinajstić information content (AvgIpc) is 2.78. The van der Waals surface area contributed by atoms with Crippen molar-refractivity contribution in [2.75, 3.05) is 6.61 Å². The summed E-state index contributed by atoms with van der Waals surface area (Å²) in [5, 5.41) is 11.5. The number of H-pyrrole nitrogens is 1. The van der Waals surface area contributed by atoms with Crippen LogP contribution in [0.25, 0.3) is 17.0 Å². The minimum atomic E-state index is -0.516. The maximum atomic E-state index is 12.1. The highest BCUT2D eigenvalue weighted by Crippen LogP contribution is 2.32. The van der Waals surface area contributed by atoms with Gasteiger partial charge in [-0.3, -0.25) is 10.1 Å². The number of carbonyl (C=O) groups is 1. The molecular weight excluding hydrogens is 260 g/mol. The van der Waals surface area contributed by atoms with Gasteiger partial charge in [-0.25, -0.2) is 4.79 Å². The van der Waals surface area contributed by atoms with Crippen LogP contribution in [0, 0.1) is 17.0 Å². The number of hydrogen-bond donors (Lipinski definition) is 1. The van der Waals surface area contributed by atoms with Gasteiger partial charge in [0.25, 0.3) is 5.69 Å². The Balaban J connectivity index is 2.82. The number of aromatic amines is 1. The van der Waals surface area contributed by atoms with Crippen LogP contribution in [0.5, 0.6) is 0 Å².